The van der Waals surface area contributed by atoms with Crippen LogP contribution in [0.1, 0.15) is 5.69 Å². The van der Waals surface area contributed by atoms with Crippen LogP contribution in [0.15, 0.2) is 18.5 Å². The van der Waals surface area contributed by atoms with Gasteiger partial charge in [0.15, 0.2) is 5.69 Å². The van der Waals surface area contributed by atoms with Crippen molar-refractivity contribution < 1.29 is 13.2 Å². The molecule has 16 heavy (non-hydrogen) atoms. The molecule has 2 rings (SSSR count). The Kier molecular flexibility index (Phi) is 2.59. The van der Waals surface area contributed by atoms with Crippen LogP contribution in [0.3, 0.4) is 0 Å². The van der Waals surface area contributed by atoms with E-state index in [0.29, 0.717) is 5.56 Å². The van der Waals surface area contributed by atoms with E-state index >= 15 is 0 Å². The summed E-state index contributed by atoms with van der Waals surface area (Å²) in [4.78, 5) is 3.72. The second-order valence-electron chi connectivity index (χ2n) is 2.93. The van der Waals surface area contributed by atoms with Crippen LogP contribution in [0.25, 0.3) is 11.3 Å². The predicted molar refractivity (Wildman–Crippen MR) is 50.7 cm³/mol. The highest BCUT2D eigenvalue weighted by molar-refractivity contribution is 6.33. The Morgan fingerprint density at radius 1 is 1.38 bits per heavy atom. The molecule has 83 valence electrons. The number of H-pyrrole nitrogens is 1. The van der Waals surface area contributed by atoms with Gasteiger partial charge in [-0.05, 0) is 6.07 Å². The fourth-order valence-electron chi connectivity index (χ4n) is 1.13. The van der Waals surface area contributed by atoms with E-state index in [1.54, 1.807) is 0 Å². The van der Waals surface area contributed by atoms with Gasteiger partial charge >= 0.3 is 6.18 Å². The van der Waals surface area contributed by atoms with Crippen molar-refractivity contribution >= 4 is 11.6 Å². The number of aromatic amines is 1. The summed E-state index contributed by atoms with van der Waals surface area (Å²) < 4.78 is 36.8. The van der Waals surface area contributed by atoms with E-state index in [1.807, 2.05) is 0 Å². The molecule has 0 aromatic carbocycles. The number of halogens is 4. The van der Waals surface area contributed by atoms with E-state index in [0.717, 1.165) is 0 Å². The summed E-state index contributed by atoms with van der Waals surface area (Å²) in [5, 5.41) is 5.58. The summed E-state index contributed by atoms with van der Waals surface area (Å²) in [5.41, 5.74) is -0.644. The van der Waals surface area contributed by atoms with Crippen molar-refractivity contribution in [3.63, 3.8) is 0 Å². The Bertz CT molecular complexity index is 507. The minimum Gasteiger partial charge on any atom is -0.277 e. The molecule has 0 spiro atoms. The molecule has 2 aromatic rings. The molecule has 2 aromatic heterocycles. The van der Waals surface area contributed by atoms with Gasteiger partial charge in [-0.2, -0.15) is 18.3 Å². The van der Waals surface area contributed by atoms with E-state index in [4.69, 9.17) is 11.6 Å². The average Bonchev–Trinajstić information content (AvgIpc) is 2.66. The third-order valence-electron chi connectivity index (χ3n) is 1.83. The predicted octanol–water partition coefficient (Wildman–Crippen LogP) is 2.94. The summed E-state index contributed by atoms with van der Waals surface area (Å²) in [6.07, 6.45) is -1.77. The lowest BCUT2D eigenvalue weighted by Crippen LogP contribution is -2.05. The third-order valence-corrected chi connectivity index (χ3v) is 2.13. The van der Waals surface area contributed by atoms with E-state index < -0.39 is 11.9 Å². The van der Waals surface area contributed by atoms with Crippen molar-refractivity contribution in [1.82, 2.24) is 15.2 Å². The van der Waals surface area contributed by atoms with Gasteiger partial charge in [-0.15, -0.1) is 0 Å². The van der Waals surface area contributed by atoms with Gasteiger partial charge in [0.2, 0.25) is 0 Å². The zero-order valence-electron chi connectivity index (χ0n) is 7.64. The van der Waals surface area contributed by atoms with Crippen LogP contribution in [0, 0.1) is 6.07 Å². The highest BCUT2D eigenvalue weighted by Gasteiger charge is 2.34. The molecule has 0 saturated carbocycles. The van der Waals surface area contributed by atoms with Crippen LogP contribution in [0.4, 0.5) is 13.2 Å². The largest absolute Gasteiger partial charge is 0.435 e. The standard InChI is InChI=1S/C9H4ClF3N3/c10-6-4-14-2-1-5(6)7-3-8(16-15-7)9(11,12)13/h1-2,4H,(H,15,16). The maximum absolute atomic E-state index is 12.3. The molecule has 0 unspecified atom stereocenters. The van der Waals surface area contributed by atoms with Crippen LogP contribution >= 0.6 is 11.6 Å². The van der Waals surface area contributed by atoms with Crippen molar-refractivity contribution in [2.24, 2.45) is 0 Å². The topological polar surface area (TPSA) is 41.6 Å². The molecule has 2 heterocycles. The third kappa shape index (κ3) is 2.01. The monoisotopic (exact) mass is 246 g/mol. The molecular weight excluding hydrogens is 243 g/mol. The molecule has 0 amide bonds. The molecule has 0 aliphatic rings. The summed E-state index contributed by atoms with van der Waals surface area (Å²) in [7, 11) is 0. The second-order valence-corrected chi connectivity index (χ2v) is 3.33. The number of pyridine rings is 1. The summed E-state index contributed by atoms with van der Waals surface area (Å²) in [6.45, 7) is 0. The van der Waals surface area contributed by atoms with Gasteiger partial charge < -0.3 is 0 Å². The van der Waals surface area contributed by atoms with E-state index in [2.05, 4.69) is 21.2 Å². The molecule has 0 atom stereocenters. The molecule has 0 bridgehead atoms. The average molecular weight is 247 g/mol. The zero-order chi connectivity index (χ0) is 11.8. The highest BCUT2D eigenvalue weighted by atomic mass is 35.5. The first-order valence-electron chi connectivity index (χ1n) is 4.13. The summed E-state index contributed by atoms with van der Waals surface area (Å²) >= 11 is 5.77. The van der Waals surface area contributed by atoms with E-state index in [9.17, 15) is 13.2 Å². The van der Waals surface area contributed by atoms with Gasteiger partial charge in [0.1, 0.15) is 0 Å². The minimum absolute atomic E-state index is 0.0831. The number of rotatable bonds is 1. The van der Waals surface area contributed by atoms with Crippen LogP contribution in [0.5, 0.6) is 0 Å². The lowest BCUT2D eigenvalue weighted by Gasteiger charge is -1.99. The Morgan fingerprint density at radius 3 is 2.69 bits per heavy atom. The van der Waals surface area contributed by atoms with Crippen molar-refractivity contribution in [3.05, 3.63) is 35.2 Å². The molecule has 1 N–H and O–H groups in total. The summed E-state index contributed by atoms with van der Waals surface area (Å²) in [6, 6.07) is 3.59. The SMILES string of the molecule is FC(F)(F)c1[c]c(-c2ccncc2Cl)[nH]n1. The molecule has 0 saturated heterocycles. The maximum atomic E-state index is 12.3. The quantitative estimate of drug-likeness (QED) is 0.841. The normalized spacial score (nSPS) is 11.8. The summed E-state index contributed by atoms with van der Waals surface area (Å²) in [5.74, 6) is 0. The van der Waals surface area contributed by atoms with Crippen molar-refractivity contribution in [2.45, 2.75) is 6.18 Å². The van der Waals surface area contributed by atoms with E-state index in [-0.39, 0.29) is 10.7 Å². The van der Waals surface area contributed by atoms with Crippen LogP contribution in [-0.2, 0) is 6.18 Å². The first kappa shape index (κ1) is 10.9. The molecule has 0 aliphatic carbocycles. The van der Waals surface area contributed by atoms with Crippen LogP contribution in [0.2, 0.25) is 5.02 Å². The zero-order valence-corrected chi connectivity index (χ0v) is 8.39. The smallest absolute Gasteiger partial charge is 0.277 e. The van der Waals surface area contributed by atoms with E-state index in [1.165, 1.54) is 18.5 Å². The Hall–Kier alpha value is -1.56. The number of hydrogen-bond donors (Lipinski definition) is 1. The van der Waals surface area contributed by atoms with Crippen LogP contribution < -0.4 is 0 Å². The number of alkyl halides is 3. The van der Waals surface area contributed by atoms with Gasteiger partial charge in [-0.3, -0.25) is 10.1 Å². The lowest BCUT2D eigenvalue weighted by atomic mass is 10.2. The molecule has 0 aliphatic heterocycles. The number of aromatic nitrogens is 3. The maximum Gasteiger partial charge on any atom is 0.435 e. The Labute approximate surface area is 93.3 Å². The van der Waals surface area contributed by atoms with Gasteiger partial charge in [0.25, 0.3) is 0 Å². The van der Waals surface area contributed by atoms with Gasteiger partial charge in [0.05, 0.1) is 10.7 Å². The number of nitrogens with zero attached hydrogens (tertiary/aromatic N) is 2. The minimum atomic E-state index is -4.52. The van der Waals surface area contributed by atoms with Crippen molar-refractivity contribution in [1.29, 1.82) is 0 Å². The molecule has 3 nitrogen and oxygen atoms in total. The highest BCUT2D eigenvalue weighted by Crippen LogP contribution is 2.31. The van der Waals surface area contributed by atoms with Crippen molar-refractivity contribution in [3.8, 4) is 11.3 Å². The first-order valence-corrected chi connectivity index (χ1v) is 4.51. The first-order chi connectivity index (χ1) is 7.48. The van der Waals surface area contributed by atoms with Crippen LogP contribution in [-0.4, -0.2) is 15.2 Å². The number of hydrogen-bond acceptors (Lipinski definition) is 2. The van der Waals surface area contributed by atoms with Gasteiger partial charge in [0, 0.05) is 24.0 Å². The molecular formula is C9H4ClF3N3. The fourth-order valence-corrected chi connectivity index (χ4v) is 1.34. The van der Waals surface area contributed by atoms with Gasteiger partial charge in [-0.1, -0.05) is 11.6 Å². The molecule has 7 heteroatoms. The Morgan fingerprint density at radius 2 is 2.12 bits per heavy atom. The lowest BCUT2D eigenvalue weighted by molar-refractivity contribution is -0.141. The second kappa shape index (κ2) is 3.79. The van der Waals surface area contributed by atoms with Crippen molar-refractivity contribution in [2.75, 3.05) is 0 Å². The molecule has 0 fully saturated rings. The molecule has 1 radical (unpaired) electrons. The fraction of sp³-hybridized carbons (Fsp3) is 0.111. The van der Waals surface area contributed by atoms with Gasteiger partial charge in [-0.25, -0.2) is 0 Å². The Balaban J connectivity index is 2.44. The number of nitrogens with one attached hydrogen (secondary N) is 1.